The van der Waals surface area contributed by atoms with Crippen LogP contribution in [0.15, 0.2) is 5.51 Å². The van der Waals surface area contributed by atoms with Gasteiger partial charge in [-0.1, -0.05) is 0 Å². The highest BCUT2D eigenvalue weighted by atomic mass is 32.1. The number of aromatic nitrogens is 1. The van der Waals surface area contributed by atoms with Gasteiger partial charge in [0.15, 0.2) is 0 Å². The molecule has 1 saturated heterocycles. The van der Waals surface area contributed by atoms with Crippen molar-refractivity contribution in [3.05, 3.63) is 16.1 Å². The highest BCUT2D eigenvalue weighted by Gasteiger charge is 2.27. The Kier molecular flexibility index (Phi) is 5.45. The fourth-order valence-corrected chi connectivity index (χ4v) is 3.53. The monoisotopic (exact) mass is 325 g/mol. The third-order valence-electron chi connectivity index (χ3n) is 3.81. The van der Waals surface area contributed by atoms with Crippen LogP contribution in [0.4, 0.5) is 4.79 Å². The molecule has 6 heteroatoms. The first-order valence-electron chi connectivity index (χ1n) is 7.90. The molecule has 5 nitrogen and oxygen atoms in total. The zero-order chi connectivity index (χ0) is 16.3. The van der Waals surface area contributed by atoms with Crippen molar-refractivity contribution in [2.45, 2.75) is 65.1 Å². The van der Waals surface area contributed by atoms with Crippen LogP contribution in [0.1, 0.15) is 57.1 Å². The molecule has 1 amide bonds. The van der Waals surface area contributed by atoms with Crippen LogP contribution < -0.4 is 5.32 Å². The van der Waals surface area contributed by atoms with E-state index in [1.165, 1.54) is 4.88 Å². The van der Waals surface area contributed by atoms with Crippen LogP contribution in [0.3, 0.4) is 0 Å². The molecule has 0 radical (unpaired) electrons. The van der Waals surface area contributed by atoms with E-state index in [0.717, 1.165) is 31.6 Å². The van der Waals surface area contributed by atoms with Crippen molar-refractivity contribution in [3.8, 4) is 0 Å². The van der Waals surface area contributed by atoms with E-state index in [9.17, 15) is 4.79 Å². The molecule has 2 heterocycles. The van der Waals surface area contributed by atoms with Crippen LogP contribution in [0, 0.1) is 6.92 Å². The molecule has 1 aliphatic rings. The van der Waals surface area contributed by atoms with E-state index >= 15 is 0 Å². The second-order valence-electron chi connectivity index (χ2n) is 6.93. The molecule has 0 aromatic carbocycles. The lowest BCUT2D eigenvalue weighted by Gasteiger charge is -2.34. The number of hydrogen-bond donors (Lipinski definition) is 1. The molecular formula is C16H27N3O2S. The van der Waals surface area contributed by atoms with Gasteiger partial charge in [-0.2, -0.15) is 0 Å². The summed E-state index contributed by atoms with van der Waals surface area (Å²) in [4.78, 5) is 19.5. The van der Waals surface area contributed by atoms with Crippen LogP contribution in [-0.2, 0) is 4.74 Å². The molecule has 1 N–H and O–H groups in total. The smallest absolute Gasteiger partial charge is 0.410 e. The normalized spacial score (nSPS) is 18.3. The number of thiazole rings is 1. The molecule has 0 spiro atoms. The minimum Gasteiger partial charge on any atom is -0.444 e. The number of rotatable bonds is 3. The second kappa shape index (κ2) is 6.96. The van der Waals surface area contributed by atoms with Gasteiger partial charge in [0.2, 0.25) is 0 Å². The molecule has 22 heavy (non-hydrogen) atoms. The fraction of sp³-hybridized carbons (Fsp3) is 0.750. The first kappa shape index (κ1) is 17.2. The van der Waals surface area contributed by atoms with Crippen LogP contribution >= 0.6 is 11.3 Å². The fourth-order valence-electron chi connectivity index (χ4n) is 2.71. The van der Waals surface area contributed by atoms with Crippen molar-refractivity contribution in [2.75, 3.05) is 13.1 Å². The predicted octanol–water partition coefficient (Wildman–Crippen LogP) is 3.50. The lowest BCUT2D eigenvalue weighted by atomic mass is 10.0. The highest BCUT2D eigenvalue weighted by Crippen LogP contribution is 2.23. The molecule has 2 rings (SSSR count). The third-order valence-corrected chi connectivity index (χ3v) is 4.92. The summed E-state index contributed by atoms with van der Waals surface area (Å²) < 4.78 is 5.43. The standard InChI is InChI=1S/C16H27N3O2S/c1-11-14(22-10-17-11)12(2)18-13-6-8-19(9-7-13)15(20)21-16(3,4)5/h10,12-13,18H,6-9H2,1-5H3. The van der Waals surface area contributed by atoms with E-state index in [0.29, 0.717) is 12.1 Å². The molecule has 0 saturated carbocycles. The SMILES string of the molecule is Cc1ncsc1C(C)NC1CCN(C(=O)OC(C)(C)C)CC1. The van der Waals surface area contributed by atoms with Gasteiger partial charge in [-0.05, 0) is 47.5 Å². The predicted molar refractivity (Wildman–Crippen MR) is 89.2 cm³/mol. The van der Waals surface area contributed by atoms with Crippen LogP contribution in [-0.4, -0.2) is 40.7 Å². The summed E-state index contributed by atoms with van der Waals surface area (Å²) in [7, 11) is 0. The first-order chi connectivity index (χ1) is 10.3. The summed E-state index contributed by atoms with van der Waals surface area (Å²) in [5.41, 5.74) is 2.58. The van der Waals surface area contributed by atoms with Gasteiger partial charge >= 0.3 is 6.09 Å². The van der Waals surface area contributed by atoms with Crippen LogP contribution in [0.2, 0.25) is 0 Å². The van der Waals surface area contributed by atoms with Gasteiger partial charge in [0.1, 0.15) is 5.60 Å². The summed E-state index contributed by atoms with van der Waals surface area (Å²) in [6.07, 6.45) is 1.72. The number of piperidine rings is 1. The molecule has 1 fully saturated rings. The second-order valence-corrected chi connectivity index (χ2v) is 7.82. The van der Waals surface area contributed by atoms with Gasteiger partial charge in [0, 0.05) is 30.1 Å². The van der Waals surface area contributed by atoms with Gasteiger partial charge in [0.05, 0.1) is 11.2 Å². The van der Waals surface area contributed by atoms with Gasteiger partial charge in [0.25, 0.3) is 0 Å². The molecule has 1 unspecified atom stereocenters. The summed E-state index contributed by atoms with van der Waals surface area (Å²) in [6.45, 7) is 11.4. The molecule has 1 aromatic heterocycles. The highest BCUT2D eigenvalue weighted by molar-refractivity contribution is 7.09. The maximum atomic E-state index is 12.1. The van der Waals surface area contributed by atoms with Crippen molar-refractivity contribution in [1.29, 1.82) is 0 Å². The molecule has 124 valence electrons. The van der Waals surface area contributed by atoms with Gasteiger partial charge in [-0.3, -0.25) is 0 Å². The Morgan fingerprint density at radius 3 is 2.59 bits per heavy atom. The number of amides is 1. The zero-order valence-corrected chi connectivity index (χ0v) is 15.0. The number of nitrogens with one attached hydrogen (secondary N) is 1. The number of likely N-dealkylation sites (tertiary alicyclic amines) is 1. The summed E-state index contributed by atoms with van der Waals surface area (Å²) in [5, 5.41) is 3.66. The number of hydrogen-bond acceptors (Lipinski definition) is 5. The lowest BCUT2D eigenvalue weighted by Crippen LogP contribution is -2.46. The van der Waals surface area contributed by atoms with E-state index in [2.05, 4.69) is 24.1 Å². The van der Waals surface area contributed by atoms with Crippen LogP contribution in [0.5, 0.6) is 0 Å². The van der Waals surface area contributed by atoms with Crippen molar-refractivity contribution in [3.63, 3.8) is 0 Å². The maximum absolute atomic E-state index is 12.1. The Morgan fingerprint density at radius 2 is 2.09 bits per heavy atom. The minimum atomic E-state index is -0.426. The van der Waals surface area contributed by atoms with Gasteiger partial charge in [-0.25, -0.2) is 9.78 Å². The average Bonchev–Trinajstić information content (AvgIpc) is 2.84. The number of nitrogens with zero attached hydrogens (tertiary/aromatic N) is 2. The number of ether oxygens (including phenoxy) is 1. The average molecular weight is 325 g/mol. The number of carbonyl (C=O) groups is 1. The Morgan fingerprint density at radius 1 is 1.45 bits per heavy atom. The topological polar surface area (TPSA) is 54.5 Å². The molecular weight excluding hydrogens is 298 g/mol. The van der Waals surface area contributed by atoms with E-state index in [1.54, 1.807) is 11.3 Å². The van der Waals surface area contributed by atoms with Crippen molar-refractivity contribution in [1.82, 2.24) is 15.2 Å². The Labute approximate surface area is 137 Å². The Balaban J connectivity index is 1.80. The number of carbonyl (C=O) groups excluding carboxylic acids is 1. The Bertz CT molecular complexity index is 502. The summed E-state index contributed by atoms with van der Waals surface area (Å²) >= 11 is 1.70. The lowest BCUT2D eigenvalue weighted by molar-refractivity contribution is 0.0196. The van der Waals surface area contributed by atoms with Crippen molar-refractivity contribution >= 4 is 17.4 Å². The molecule has 0 bridgehead atoms. The quantitative estimate of drug-likeness (QED) is 0.924. The summed E-state index contributed by atoms with van der Waals surface area (Å²) in [5.74, 6) is 0. The zero-order valence-electron chi connectivity index (χ0n) is 14.2. The van der Waals surface area contributed by atoms with Gasteiger partial charge in [-0.15, -0.1) is 11.3 Å². The van der Waals surface area contributed by atoms with E-state index in [4.69, 9.17) is 4.74 Å². The van der Waals surface area contributed by atoms with E-state index < -0.39 is 5.60 Å². The third kappa shape index (κ3) is 4.68. The van der Waals surface area contributed by atoms with Crippen molar-refractivity contribution in [2.24, 2.45) is 0 Å². The molecule has 1 aliphatic heterocycles. The molecule has 1 aromatic rings. The van der Waals surface area contributed by atoms with E-state index in [1.807, 2.05) is 31.2 Å². The van der Waals surface area contributed by atoms with Crippen LogP contribution in [0.25, 0.3) is 0 Å². The Hall–Kier alpha value is -1.14. The molecule has 1 atom stereocenters. The summed E-state index contributed by atoms with van der Waals surface area (Å²) in [6, 6.07) is 0.751. The maximum Gasteiger partial charge on any atom is 0.410 e. The number of aryl methyl sites for hydroxylation is 1. The van der Waals surface area contributed by atoms with Gasteiger partial charge < -0.3 is 15.0 Å². The van der Waals surface area contributed by atoms with Crippen molar-refractivity contribution < 1.29 is 9.53 Å². The first-order valence-corrected chi connectivity index (χ1v) is 8.78. The minimum absolute atomic E-state index is 0.197. The van der Waals surface area contributed by atoms with E-state index in [-0.39, 0.29) is 6.09 Å². The largest absolute Gasteiger partial charge is 0.444 e. The molecule has 0 aliphatic carbocycles.